The molecule has 228 valence electrons. The molecule has 7 rings (SSSR count). The highest BCUT2D eigenvalue weighted by atomic mass is 19.4. The number of benzene rings is 2. The van der Waals surface area contributed by atoms with Gasteiger partial charge in [0.25, 0.3) is 11.5 Å². The van der Waals surface area contributed by atoms with Crippen molar-refractivity contribution in [2.45, 2.75) is 57.8 Å². The van der Waals surface area contributed by atoms with Crippen LogP contribution in [-0.2, 0) is 26.2 Å². The number of nitrogens with zero attached hydrogens (tertiary/aromatic N) is 7. The number of terminal acetylenes is 1. The van der Waals surface area contributed by atoms with E-state index in [-0.39, 0.29) is 35.6 Å². The van der Waals surface area contributed by atoms with Crippen molar-refractivity contribution in [3.8, 4) is 24.0 Å². The predicted octanol–water partition coefficient (Wildman–Crippen LogP) is 5.08. The molecule has 5 aromatic rings. The van der Waals surface area contributed by atoms with Crippen LogP contribution in [0.15, 0.2) is 53.6 Å². The molecule has 1 aliphatic carbocycles. The Morgan fingerprint density at radius 2 is 1.89 bits per heavy atom. The first-order chi connectivity index (χ1) is 21.4. The number of aryl methyl sites for hydroxylation is 2. The van der Waals surface area contributed by atoms with Gasteiger partial charge in [-0.3, -0.25) is 9.59 Å². The zero-order valence-corrected chi connectivity index (χ0v) is 24.8. The molecule has 0 spiro atoms. The summed E-state index contributed by atoms with van der Waals surface area (Å²) in [4.78, 5) is 38.8. The molecule has 1 fully saturated rings. The SMILES string of the molecule is C#Cc1ccc(C(=O)N2Cc3nc(-n4nc(C5CC5)cc4C)n(-c4ccc5c(c4)ncn5C)c(=O)c3CC2C)cc1C(F)(F)F. The zero-order chi connectivity index (χ0) is 31.8. The van der Waals surface area contributed by atoms with Gasteiger partial charge in [0, 0.05) is 41.4 Å². The Balaban J connectivity index is 1.35. The Morgan fingerprint density at radius 1 is 1.11 bits per heavy atom. The van der Waals surface area contributed by atoms with Crippen LogP contribution in [0, 0.1) is 19.3 Å². The fourth-order valence-corrected chi connectivity index (χ4v) is 6.04. The lowest BCUT2D eigenvalue weighted by atomic mass is 9.97. The quantitative estimate of drug-likeness (QED) is 0.265. The van der Waals surface area contributed by atoms with Gasteiger partial charge in [0.05, 0.1) is 46.5 Å². The summed E-state index contributed by atoms with van der Waals surface area (Å²) in [5.74, 6) is 2.06. The lowest BCUT2D eigenvalue weighted by Gasteiger charge is -2.34. The Kier molecular flexibility index (Phi) is 6.47. The van der Waals surface area contributed by atoms with E-state index in [0.717, 1.165) is 41.9 Å². The highest BCUT2D eigenvalue weighted by Crippen LogP contribution is 2.40. The fourth-order valence-electron chi connectivity index (χ4n) is 6.04. The van der Waals surface area contributed by atoms with Crippen LogP contribution in [0.3, 0.4) is 0 Å². The molecule has 1 saturated carbocycles. The second-order valence-corrected chi connectivity index (χ2v) is 11.8. The van der Waals surface area contributed by atoms with Crippen LogP contribution in [0.1, 0.15) is 69.8 Å². The minimum absolute atomic E-state index is 0.0638. The molecule has 1 amide bonds. The third-order valence-corrected chi connectivity index (χ3v) is 8.64. The van der Waals surface area contributed by atoms with Crippen LogP contribution in [0.5, 0.6) is 0 Å². The lowest BCUT2D eigenvalue weighted by molar-refractivity contribution is -0.137. The average molecular weight is 612 g/mol. The second kappa shape index (κ2) is 10.2. The number of fused-ring (bicyclic) bond motifs is 2. The van der Waals surface area contributed by atoms with E-state index < -0.39 is 23.7 Å². The number of aromatic nitrogens is 6. The molecule has 4 heterocycles. The van der Waals surface area contributed by atoms with Gasteiger partial charge in [0.2, 0.25) is 5.95 Å². The molecule has 0 radical (unpaired) electrons. The summed E-state index contributed by atoms with van der Waals surface area (Å²) in [5.41, 5.74) is 2.86. The van der Waals surface area contributed by atoms with E-state index in [1.807, 2.05) is 48.7 Å². The molecular formula is C33H28F3N7O2. The van der Waals surface area contributed by atoms with Crippen LogP contribution in [-0.4, -0.2) is 45.7 Å². The fraction of sp³-hybridized carbons (Fsp3) is 0.303. The number of carbonyl (C=O) groups is 1. The maximum absolute atomic E-state index is 14.3. The summed E-state index contributed by atoms with van der Waals surface area (Å²) in [6, 6.07) is 10.3. The standard InChI is InChI=1S/C33H28F3N7O2/c1-5-20-6-9-22(14-25(20)33(34,35)36)30(44)41-16-28-24(12-18(41)2)31(45)42(23-10-11-29-27(15-23)37-17-40(29)4)32(38-28)43-19(3)13-26(39-43)21-7-8-21/h1,6,9-11,13-15,17-18,21H,7-8,12,16H2,2-4H3. The van der Waals surface area contributed by atoms with Gasteiger partial charge >= 0.3 is 6.18 Å². The van der Waals surface area contributed by atoms with Gasteiger partial charge in [-0.25, -0.2) is 19.2 Å². The molecule has 0 saturated heterocycles. The lowest BCUT2D eigenvalue weighted by Crippen LogP contribution is -2.46. The van der Waals surface area contributed by atoms with Crippen molar-refractivity contribution in [1.82, 2.24) is 33.8 Å². The Bertz CT molecular complexity index is 2130. The second-order valence-electron chi connectivity index (χ2n) is 11.8. The molecule has 12 heteroatoms. The first-order valence-corrected chi connectivity index (χ1v) is 14.6. The van der Waals surface area contributed by atoms with Crippen molar-refractivity contribution in [3.63, 3.8) is 0 Å². The number of rotatable bonds is 4. The molecule has 1 atom stereocenters. The molecule has 45 heavy (non-hydrogen) atoms. The minimum atomic E-state index is -4.72. The van der Waals surface area contributed by atoms with Crippen LogP contribution >= 0.6 is 0 Å². The van der Waals surface area contributed by atoms with Gasteiger partial charge in [-0.2, -0.15) is 18.3 Å². The topological polar surface area (TPSA) is 90.8 Å². The molecule has 0 N–H and O–H groups in total. The average Bonchev–Trinajstić information content (AvgIpc) is 3.70. The van der Waals surface area contributed by atoms with Crippen LogP contribution < -0.4 is 5.56 Å². The molecule has 2 aromatic carbocycles. The van der Waals surface area contributed by atoms with Gasteiger partial charge in [-0.05, 0) is 75.6 Å². The normalized spacial score (nSPS) is 16.6. The Labute approximate surface area is 255 Å². The summed E-state index contributed by atoms with van der Waals surface area (Å²) >= 11 is 0. The largest absolute Gasteiger partial charge is 0.417 e. The third kappa shape index (κ3) is 4.79. The number of hydrogen-bond donors (Lipinski definition) is 0. The summed E-state index contributed by atoms with van der Waals surface area (Å²) in [6.45, 7) is 3.59. The molecule has 1 aliphatic heterocycles. The molecule has 3 aromatic heterocycles. The van der Waals surface area contributed by atoms with Gasteiger partial charge in [-0.1, -0.05) is 5.92 Å². The molecular weight excluding hydrogens is 583 g/mol. The van der Waals surface area contributed by atoms with E-state index in [0.29, 0.717) is 28.4 Å². The third-order valence-electron chi connectivity index (χ3n) is 8.64. The maximum Gasteiger partial charge on any atom is 0.417 e. The summed E-state index contributed by atoms with van der Waals surface area (Å²) in [6.07, 6.45) is 4.52. The molecule has 9 nitrogen and oxygen atoms in total. The van der Waals surface area contributed by atoms with Crippen molar-refractivity contribution < 1.29 is 18.0 Å². The van der Waals surface area contributed by atoms with Crippen molar-refractivity contribution in [1.29, 1.82) is 0 Å². The van der Waals surface area contributed by atoms with E-state index in [9.17, 15) is 22.8 Å². The van der Waals surface area contributed by atoms with Crippen molar-refractivity contribution in [2.75, 3.05) is 0 Å². The van der Waals surface area contributed by atoms with E-state index in [1.165, 1.54) is 15.5 Å². The Morgan fingerprint density at radius 3 is 2.60 bits per heavy atom. The van der Waals surface area contributed by atoms with Gasteiger partial charge in [0.15, 0.2) is 0 Å². The smallest absolute Gasteiger partial charge is 0.334 e. The number of amides is 1. The van der Waals surface area contributed by atoms with Gasteiger partial charge in [0.1, 0.15) is 0 Å². The maximum atomic E-state index is 14.3. The first-order valence-electron chi connectivity index (χ1n) is 14.6. The van der Waals surface area contributed by atoms with E-state index >= 15 is 0 Å². The van der Waals surface area contributed by atoms with Crippen molar-refractivity contribution >= 4 is 16.9 Å². The van der Waals surface area contributed by atoms with Crippen LogP contribution in [0.2, 0.25) is 0 Å². The summed E-state index contributed by atoms with van der Waals surface area (Å²) in [7, 11) is 1.89. The van der Waals surface area contributed by atoms with Crippen molar-refractivity contribution in [3.05, 3.63) is 98.5 Å². The minimum Gasteiger partial charge on any atom is -0.334 e. The van der Waals surface area contributed by atoms with Crippen LogP contribution in [0.25, 0.3) is 22.7 Å². The Hall–Kier alpha value is -5.18. The highest BCUT2D eigenvalue weighted by Gasteiger charge is 2.37. The van der Waals surface area contributed by atoms with Crippen LogP contribution in [0.4, 0.5) is 13.2 Å². The molecule has 2 aliphatic rings. The number of halogens is 3. The number of hydrogen-bond acceptors (Lipinski definition) is 5. The number of carbonyl (C=O) groups excluding carboxylic acids is 1. The van der Waals surface area contributed by atoms with E-state index in [2.05, 4.69) is 4.98 Å². The van der Waals surface area contributed by atoms with Crippen molar-refractivity contribution in [2.24, 2.45) is 7.05 Å². The predicted molar refractivity (Wildman–Crippen MR) is 160 cm³/mol. The number of alkyl halides is 3. The molecule has 1 unspecified atom stereocenters. The van der Waals surface area contributed by atoms with E-state index in [1.54, 1.807) is 17.9 Å². The first kappa shape index (κ1) is 28.6. The monoisotopic (exact) mass is 611 g/mol. The van der Waals surface area contributed by atoms with E-state index in [4.69, 9.17) is 16.5 Å². The van der Waals surface area contributed by atoms with Gasteiger partial charge < -0.3 is 9.47 Å². The number of imidazole rings is 1. The zero-order valence-electron chi connectivity index (χ0n) is 24.8. The molecule has 0 bridgehead atoms. The highest BCUT2D eigenvalue weighted by molar-refractivity contribution is 5.95. The summed E-state index contributed by atoms with van der Waals surface area (Å²) < 4.78 is 46.2. The summed E-state index contributed by atoms with van der Waals surface area (Å²) in [5, 5.41) is 4.82. The van der Waals surface area contributed by atoms with Gasteiger partial charge in [-0.15, -0.1) is 6.42 Å².